The van der Waals surface area contributed by atoms with E-state index in [1.54, 1.807) is 18.2 Å². The molecule has 0 saturated heterocycles. The molecule has 2 aromatic carbocycles. The number of ether oxygens (including phenoxy) is 1. The van der Waals surface area contributed by atoms with Crippen LogP contribution in [0.4, 0.5) is 5.69 Å². The Morgan fingerprint density at radius 3 is 2.68 bits per heavy atom. The SMILES string of the molecule is N#Cc1ccc(NS(=O)[O-])c(COc2ccc(Cl)cc2Cl)c1. The number of rotatable bonds is 5. The predicted molar refractivity (Wildman–Crippen MR) is 84.5 cm³/mol. The second kappa shape index (κ2) is 7.47. The third-order valence-electron chi connectivity index (χ3n) is 2.70. The Morgan fingerprint density at radius 1 is 1.27 bits per heavy atom. The Labute approximate surface area is 139 Å². The zero-order chi connectivity index (χ0) is 16.1. The number of hydrogen-bond acceptors (Lipinski definition) is 4. The summed E-state index contributed by atoms with van der Waals surface area (Å²) in [6, 6.07) is 11.3. The van der Waals surface area contributed by atoms with Crippen molar-refractivity contribution in [3.8, 4) is 11.8 Å². The molecule has 5 nitrogen and oxygen atoms in total. The van der Waals surface area contributed by atoms with Crippen LogP contribution in [-0.4, -0.2) is 8.76 Å². The standard InChI is InChI=1S/C14H10Cl2N2O3S/c15-11-2-4-14(12(16)6-11)21-8-10-5-9(7-17)1-3-13(10)18-22(19)20/h1-6,18H,8H2,(H,19,20)/p-1. The molecule has 0 aliphatic heterocycles. The maximum atomic E-state index is 10.8. The van der Waals surface area contributed by atoms with Crippen molar-refractivity contribution in [3.05, 3.63) is 57.6 Å². The summed E-state index contributed by atoms with van der Waals surface area (Å²) in [5.41, 5.74) is 1.23. The molecule has 114 valence electrons. The molecule has 0 saturated carbocycles. The average molecular weight is 356 g/mol. The summed E-state index contributed by atoms with van der Waals surface area (Å²) in [6.45, 7) is 0.0381. The van der Waals surface area contributed by atoms with E-state index in [0.717, 1.165) is 0 Å². The first-order valence-corrected chi connectivity index (χ1v) is 7.79. The number of nitrogens with zero attached hydrogens (tertiary/aromatic N) is 1. The molecule has 2 aromatic rings. The van der Waals surface area contributed by atoms with Crippen molar-refractivity contribution in [1.82, 2.24) is 0 Å². The molecular formula is C14H9Cl2N2O3S-. The van der Waals surface area contributed by atoms with Gasteiger partial charge in [-0.2, -0.15) is 5.26 Å². The maximum Gasteiger partial charge on any atom is 0.138 e. The number of benzene rings is 2. The molecule has 0 amide bonds. The van der Waals surface area contributed by atoms with Crippen LogP contribution in [0.15, 0.2) is 36.4 Å². The van der Waals surface area contributed by atoms with E-state index in [2.05, 4.69) is 4.72 Å². The Hall–Kier alpha value is -1.78. The fraction of sp³-hybridized carbons (Fsp3) is 0.0714. The normalized spacial score (nSPS) is 11.5. The van der Waals surface area contributed by atoms with Crippen molar-refractivity contribution in [1.29, 1.82) is 5.26 Å². The van der Waals surface area contributed by atoms with Crippen LogP contribution in [0.25, 0.3) is 0 Å². The number of halogens is 2. The maximum absolute atomic E-state index is 10.8. The summed E-state index contributed by atoms with van der Waals surface area (Å²) in [4.78, 5) is 0. The highest BCUT2D eigenvalue weighted by Crippen LogP contribution is 2.29. The van der Waals surface area contributed by atoms with Gasteiger partial charge in [0.2, 0.25) is 0 Å². The van der Waals surface area contributed by atoms with Gasteiger partial charge in [-0.05, 0) is 36.4 Å². The van der Waals surface area contributed by atoms with Crippen LogP contribution < -0.4 is 9.46 Å². The fourth-order valence-corrected chi connectivity index (χ4v) is 2.56. The van der Waals surface area contributed by atoms with Crippen molar-refractivity contribution in [2.45, 2.75) is 6.61 Å². The summed E-state index contributed by atoms with van der Waals surface area (Å²) >= 11 is 9.33. The molecule has 1 atom stereocenters. The lowest BCUT2D eigenvalue weighted by molar-refractivity contribution is 0.307. The molecule has 0 radical (unpaired) electrons. The van der Waals surface area contributed by atoms with E-state index >= 15 is 0 Å². The zero-order valence-corrected chi connectivity index (χ0v) is 13.3. The van der Waals surface area contributed by atoms with Gasteiger partial charge >= 0.3 is 0 Å². The molecule has 0 aliphatic rings. The monoisotopic (exact) mass is 355 g/mol. The third kappa shape index (κ3) is 4.36. The Balaban J connectivity index is 2.23. The highest BCUT2D eigenvalue weighted by atomic mass is 35.5. The van der Waals surface area contributed by atoms with Gasteiger partial charge in [0, 0.05) is 21.9 Å². The van der Waals surface area contributed by atoms with Crippen LogP contribution in [0, 0.1) is 11.3 Å². The lowest BCUT2D eigenvalue weighted by Gasteiger charge is -2.15. The van der Waals surface area contributed by atoms with Crippen LogP contribution in [-0.2, 0) is 17.9 Å². The van der Waals surface area contributed by atoms with Gasteiger partial charge in [-0.15, -0.1) is 0 Å². The highest BCUT2D eigenvalue weighted by Gasteiger charge is 2.08. The van der Waals surface area contributed by atoms with E-state index in [9.17, 15) is 8.76 Å². The summed E-state index contributed by atoms with van der Waals surface area (Å²) in [5.74, 6) is 0.405. The van der Waals surface area contributed by atoms with E-state index in [1.165, 1.54) is 18.2 Å². The number of nitrogens with one attached hydrogen (secondary N) is 1. The van der Waals surface area contributed by atoms with E-state index in [4.69, 9.17) is 33.2 Å². The van der Waals surface area contributed by atoms with E-state index in [-0.39, 0.29) is 6.61 Å². The molecule has 1 unspecified atom stereocenters. The first-order chi connectivity index (χ1) is 10.5. The first kappa shape index (κ1) is 16.6. The van der Waals surface area contributed by atoms with Crippen molar-refractivity contribution in [2.75, 3.05) is 4.72 Å². The zero-order valence-electron chi connectivity index (χ0n) is 11.0. The minimum atomic E-state index is -2.47. The molecule has 0 aliphatic carbocycles. The molecule has 1 N–H and O–H groups in total. The van der Waals surface area contributed by atoms with Crippen LogP contribution in [0.1, 0.15) is 11.1 Å². The van der Waals surface area contributed by atoms with Gasteiger partial charge in [0.05, 0.1) is 22.3 Å². The minimum Gasteiger partial charge on any atom is -0.755 e. The summed E-state index contributed by atoms with van der Waals surface area (Å²) in [6.07, 6.45) is 0. The lowest BCUT2D eigenvalue weighted by Crippen LogP contribution is -2.07. The smallest absolute Gasteiger partial charge is 0.138 e. The molecule has 0 bridgehead atoms. The second-order valence-corrected chi connectivity index (χ2v) is 5.70. The average Bonchev–Trinajstić information content (AvgIpc) is 2.47. The Kier molecular flexibility index (Phi) is 5.63. The molecule has 0 heterocycles. The van der Waals surface area contributed by atoms with Crippen LogP contribution >= 0.6 is 23.2 Å². The molecular weight excluding hydrogens is 347 g/mol. The van der Waals surface area contributed by atoms with Crippen molar-refractivity contribution < 1.29 is 13.5 Å². The van der Waals surface area contributed by atoms with E-state index in [1.807, 2.05) is 6.07 Å². The first-order valence-electron chi connectivity index (χ1n) is 5.96. The molecule has 2 rings (SSSR count). The predicted octanol–water partition coefficient (Wildman–Crippen LogP) is 3.65. The summed E-state index contributed by atoms with van der Waals surface area (Å²) in [5, 5.41) is 9.74. The van der Waals surface area contributed by atoms with Gasteiger partial charge in [0.25, 0.3) is 0 Å². The van der Waals surface area contributed by atoms with Gasteiger partial charge in [0.1, 0.15) is 12.4 Å². The van der Waals surface area contributed by atoms with Gasteiger partial charge < -0.3 is 14.0 Å². The summed E-state index contributed by atoms with van der Waals surface area (Å²) < 4.78 is 29.4. The van der Waals surface area contributed by atoms with Crippen LogP contribution in [0.3, 0.4) is 0 Å². The van der Waals surface area contributed by atoms with Gasteiger partial charge in [-0.25, -0.2) is 0 Å². The van der Waals surface area contributed by atoms with Crippen molar-refractivity contribution in [3.63, 3.8) is 0 Å². The lowest BCUT2D eigenvalue weighted by atomic mass is 10.1. The second-order valence-electron chi connectivity index (χ2n) is 4.18. The Morgan fingerprint density at radius 2 is 2.05 bits per heavy atom. The number of anilines is 1. The number of nitriles is 1. The molecule has 8 heteroatoms. The van der Waals surface area contributed by atoms with Crippen molar-refractivity contribution >= 4 is 40.2 Å². The van der Waals surface area contributed by atoms with Gasteiger partial charge in [-0.1, -0.05) is 23.2 Å². The van der Waals surface area contributed by atoms with Crippen LogP contribution in [0.2, 0.25) is 10.0 Å². The fourth-order valence-electron chi connectivity index (χ4n) is 1.72. The third-order valence-corrected chi connectivity index (χ3v) is 3.62. The Bertz CT molecular complexity index is 762. The van der Waals surface area contributed by atoms with Crippen LogP contribution in [0.5, 0.6) is 5.75 Å². The van der Waals surface area contributed by atoms with Gasteiger partial charge in [0.15, 0.2) is 0 Å². The van der Waals surface area contributed by atoms with E-state index in [0.29, 0.717) is 32.6 Å². The largest absolute Gasteiger partial charge is 0.755 e. The van der Waals surface area contributed by atoms with Gasteiger partial charge in [-0.3, -0.25) is 4.21 Å². The minimum absolute atomic E-state index is 0.0381. The summed E-state index contributed by atoms with van der Waals surface area (Å²) in [7, 11) is 0. The quantitative estimate of drug-likeness (QED) is 0.829. The molecule has 22 heavy (non-hydrogen) atoms. The van der Waals surface area contributed by atoms with E-state index < -0.39 is 11.3 Å². The molecule has 0 fully saturated rings. The van der Waals surface area contributed by atoms with Crippen molar-refractivity contribution in [2.24, 2.45) is 0 Å². The number of hydrogen-bond donors (Lipinski definition) is 1. The highest BCUT2D eigenvalue weighted by molar-refractivity contribution is 7.80. The molecule has 0 spiro atoms. The topological polar surface area (TPSA) is 85.2 Å². The molecule has 0 aromatic heterocycles.